The lowest BCUT2D eigenvalue weighted by Crippen LogP contribution is -2.58. The van der Waals surface area contributed by atoms with Crippen molar-refractivity contribution in [3.05, 3.63) is 107 Å². The van der Waals surface area contributed by atoms with Gasteiger partial charge in [0.2, 0.25) is 0 Å². The molecule has 272 valence electrons. The van der Waals surface area contributed by atoms with Crippen molar-refractivity contribution in [2.24, 2.45) is 0 Å². The first-order valence-electron chi connectivity index (χ1n) is 21.0. The molecular weight excluding hydrogens is 663 g/mol. The lowest BCUT2D eigenvalue weighted by molar-refractivity contribution is 0.402. The molecule has 55 heavy (non-hydrogen) atoms. The number of anilines is 2. The first kappa shape index (κ1) is 32.5. The second-order valence-electron chi connectivity index (χ2n) is 20.8. The van der Waals surface area contributed by atoms with Crippen LogP contribution in [0, 0.1) is 0 Å². The minimum Gasteiger partial charge on any atom is -0.375 e. The molecule has 2 unspecified atom stereocenters. The summed E-state index contributed by atoms with van der Waals surface area (Å²) in [4.78, 5) is 2.91. The SMILES string of the molecule is CC(C)(C)c1cc2ccc3c4c5c(c6ccc(c1)c2c36)N1c2c(cccc2C2CCCCC21)B5n1c2ccc(C(C)(C)C)cc2c2cc(C(C)(C)C)cc-4c21. The van der Waals surface area contributed by atoms with Crippen molar-refractivity contribution in [2.75, 3.05) is 4.90 Å². The Balaban J connectivity index is 1.33. The summed E-state index contributed by atoms with van der Waals surface area (Å²) in [6, 6.07) is 35.3. The number of fused-ring (bicyclic) bond motifs is 12. The van der Waals surface area contributed by atoms with Gasteiger partial charge in [0.15, 0.2) is 0 Å². The molecule has 3 aliphatic heterocycles. The lowest BCUT2D eigenvalue weighted by atomic mass is 9.44. The van der Waals surface area contributed by atoms with Crippen LogP contribution in [0.5, 0.6) is 0 Å². The van der Waals surface area contributed by atoms with E-state index < -0.39 is 0 Å². The fourth-order valence-electron chi connectivity index (χ4n) is 11.8. The number of nitrogens with zero attached hydrogens (tertiary/aromatic N) is 2. The summed E-state index contributed by atoms with van der Waals surface area (Å²) in [5, 5.41) is 11.3. The smallest absolute Gasteiger partial charge is 0.333 e. The van der Waals surface area contributed by atoms with Gasteiger partial charge >= 0.3 is 6.85 Å². The van der Waals surface area contributed by atoms with Crippen LogP contribution in [0.4, 0.5) is 11.4 Å². The van der Waals surface area contributed by atoms with Crippen molar-refractivity contribution in [2.45, 2.75) is 116 Å². The molecule has 7 aromatic carbocycles. The fraction of sp³-hybridized carbons (Fsp3) is 0.346. The van der Waals surface area contributed by atoms with Gasteiger partial charge in [-0.1, -0.05) is 136 Å². The van der Waals surface area contributed by atoms with E-state index in [2.05, 4.69) is 157 Å². The summed E-state index contributed by atoms with van der Waals surface area (Å²) in [7, 11) is 0. The summed E-state index contributed by atoms with van der Waals surface area (Å²) in [6.07, 6.45) is 5.18. The average Bonchev–Trinajstić information content (AvgIpc) is 3.66. The molecule has 4 heterocycles. The molecule has 12 rings (SSSR count). The minimum absolute atomic E-state index is 0.00340. The van der Waals surface area contributed by atoms with Gasteiger partial charge in [-0.15, -0.1) is 0 Å². The van der Waals surface area contributed by atoms with Gasteiger partial charge < -0.3 is 9.38 Å². The molecule has 0 N–H and O–H groups in total. The van der Waals surface area contributed by atoms with Crippen LogP contribution in [0.15, 0.2) is 84.9 Å². The summed E-state index contributed by atoms with van der Waals surface area (Å²) in [5.41, 5.74) is 17.6. The number of benzene rings is 7. The van der Waals surface area contributed by atoms with E-state index in [0.717, 1.165) is 0 Å². The molecule has 0 radical (unpaired) electrons. The molecule has 0 saturated heterocycles. The quantitative estimate of drug-likeness (QED) is 0.112. The molecule has 4 aliphatic rings. The first-order valence-corrected chi connectivity index (χ1v) is 21.0. The molecule has 1 fully saturated rings. The van der Waals surface area contributed by atoms with Gasteiger partial charge in [-0.25, -0.2) is 0 Å². The standard InChI is InChI=1S/C52H51BN2/c1-50(2,3)30-19-22-42-37(25-30)38-26-32(52(7,8)9)27-39-45-35-20-17-28-23-31(51(4,5)6)24-29-18-21-36(44(35)43(28)29)49-46(45)53(55(42)47(38)39)40-15-12-14-34-33-13-10-11-16-41(33)54(49)48(34)40/h12,14-15,17-27,33,41H,10-11,13,16H2,1-9H3. The molecule has 1 aromatic heterocycles. The lowest BCUT2D eigenvalue weighted by Gasteiger charge is -2.43. The molecule has 1 saturated carbocycles. The monoisotopic (exact) mass is 714 g/mol. The molecular formula is C52H51BN2. The number of hydrogen-bond acceptors (Lipinski definition) is 1. The maximum absolute atomic E-state index is 2.91. The van der Waals surface area contributed by atoms with E-state index in [1.807, 2.05) is 0 Å². The Kier molecular flexibility index (Phi) is 6.00. The zero-order chi connectivity index (χ0) is 37.7. The van der Waals surface area contributed by atoms with Gasteiger partial charge in [0.05, 0.1) is 0 Å². The maximum Gasteiger partial charge on any atom is 0.333 e. The van der Waals surface area contributed by atoms with Crippen LogP contribution in [0.1, 0.15) is 116 Å². The number of hydrogen-bond donors (Lipinski definition) is 0. The summed E-state index contributed by atoms with van der Waals surface area (Å²) < 4.78 is 2.80. The van der Waals surface area contributed by atoms with Gasteiger partial charge in [-0.2, -0.15) is 0 Å². The normalized spacial score (nSPS) is 19.0. The second-order valence-corrected chi connectivity index (χ2v) is 20.8. The third-order valence-corrected chi connectivity index (χ3v) is 14.5. The molecule has 2 nitrogen and oxygen atoms in total. The van der Waals surface area contributed by atoms with Crippen molar-refractivity contribution in [3.63, 3.8) is 0 Å². The average molecular weight is 715 g/mol. The minimum atomic E-state index is -0.00340. The van der Waals surface area contributed by atoms with Crippen LogP contribution in [-0.2, 0) is 16.2 Å². The van der Waals surface area contributed by atoms with Gasteiger partial charge in [-0.05, 0) is 114 Å². The van der Waals surface area contributed by atoms with Gasteiger partial charge in [0, 0.05) is 61.5 Å². The highest BCUT2D eigenvalue weighted by Crippen LogP contribution is 2.57. The molecule has 0 amide bonds. The number of aromatic nitrogens is 1. The Bertz CT molecular complexity index is 2990. The van der Waals surface area contributed by atoms with E-state index in [0.29, 0.717) is 12.0 Å². The van der Waals surface area contributed by atoms with Crippen molar-refractivity contribution in [1.82, 2.24) is 4.48 Å². The van der Waals surface area contributed by atoms with Gasteiger partial charge in [0.1, 0.15) is 0 Å². The third-order valence-electron chi connectivity index (χ3n) is 14.5. The van der Waals surface area contributed by atoms with Gasteiger partial charge in [0.25, 0.3) is 0 Å². The largest absolute Gasteiger partial charge is 0.375 e. The van der Waals surface area contributed by atoms with E-state index >= 15 is 0 Å². The summed E-state index contributed by atoms with van der Waals surface area (Å²) >= 11 is 0. The topological polar surface area (TPSA) is 8.17 Å². The van der Waals surface area contributed by atoms with Crippen LogP contribution in [0.2, 0.25) is 0 Å². The van der Waals surface area contributed by atoms with Crippen molar-refractivity contribution >= 4 is 83.3 Å². The van der Waals surface area contributed by atoms with Gasteiger partial charge in [-0.3, -0.25) is 0 Å². The molecule has 1 aliphatic carbocycles. The van der Waals surface area contributed by atoms with Crippen LogP contribution >= 0.6 is 0 Å². The maximum atomic E-state index is 2.91. The molecule has 3 heteroatoms. The zero-order valence-corrected chi connectivity index (χ0v) is 34.0. The highest BCUT2D eigenvalue weighted by Gasteiger charge is 2.51. The van der Waals surface area contributed by atoms with Crippen molar-refractivity contribution < 1.29 is 0 Å². The predicted octanol–water partition coefficient (Wildman–Crippen LogP) is 12.7. The Morgan fingerprint density at radius 3 is 1.98 bits per heavy atom. The van der Waals surface area contributed by atoms with E-state index in [9.17, 15) is 0 Å². The molecule has 0 spiro atoms. The van der Waals surface area contributed by atoms with Crippen LogP contribution < -0.4 is 15.8 Å². The van der Waals surface area contributed by atoms with Crippen LogP contribution in [-0.4, -0.2) is 17.4 Å². The Morgan fingerprint density at radius 1 is 0.582 bits per heavy atom. The Morgan fingerprint density at radius 2 is 1.25 bits per heavy atom. The Labute approximate surface area is 326 Å². The summed E-state index contributed by atoms with van der Waals surface area (Å²) in [6.45, 7) is 21.4. The fourth-order valence-corrected chi connectivity index (χ4v) is 11.8. The molecule has 2 atom stereocenters. The highest BCUT2D eigenvalue weighted by atomic mass is 15.2. The zero-order valence-electron chi connectivity index (χ0n) is 34.0. The van der Waals surface area contributed by atoms with Crippen LogP contribution in [0.3, 0.4) is 0 Å². The second kappa shape index (κ2) is 10.2. The van der Waals surface area contributed by atoms with Crippen LogP contribution in [0.25, 0.3) is 65.3 Å². The third kappa shape index (κ3) is 4.03. The van der Waals surface area contributed by atoms with E-state index in [1.165, 1.54) is 130 Å². The molecule has 0 bridgehead atoms. The predicted molar refractivity (Wildman–Crippen MR) is 239 cm³/mol. The van der Waals surface area contributed by atoms with E-state index in [-0.39, 0.29) is 23.1 Å². The summed E-state index contributed by atoms with van der Waals surface area (Å²) in [5.74, 6) is 0.582. The van der Waals surface area contributed by atoms with Crippen molar-refractivity contribution in [3.8, 4) is 11.1 Å². The number of para-hydroxylation sites is 1. The van der Waals surface area contributed by atoms with Crippen molar-refractivity contribution in [1.29, 1.82) is 0 Å². The first-order chi connectivity index (χ1) is 26.2. The Hall–Kier alpha value is -4.76. The van der Waals surface area contributed by atoms with E-state index in [1.54, 1.807) is 5.56 Å². The van der Waals surface area contributed by atoms with E-state index in [4.69, 9.17) is 0 Å². The highest BCUT2D eigenvalue weighted by molar-refractivity contribution is 6.90. The number of rotatable bonds is 0. The molecule has 8 aromatic rings.